The minimum absolute atomic E-state index is 1.50. The van der Waals surface area contributed by atoms with E-state index in [9.17, 15) is 45.4 Å². The van der Waals surface area contributed by atoms with Crippen LogP contribution in [0.15, 0.2) is 0 Å². The van der Waals surface area contributed by atoms with Crippen molar-refractivity contribution in [1.29, 1.82) is 0 Å². The standard InChI is InChI=1S/C7H3N3O11/c11-4-1(7(13)14)6(21-10(19)20)3(9(17)18)5(12)2(4)8(15)16/h11-12H,(H,13,14). The maximum absolute atomic E-state index is 10.9. The number of carbonyl (C=O) groups is 1. The lowest BCUT2D eigenvalue weighted by Gasteiger charge is -2.08. The van der Waals surface area contributed by atoms with Crippen LogP contribution >= 0.6 is 0 Å². The number of carboxylic acid groups (broad SMARTS) is 1. The predicted octanol–water partition coefficient (Wildman–Crippen LogP) is 0.183. The molecule has 0 bridgehead atoms. The highest BCUT2D eigenvalue weighted by atomic mass is 17.0. The number of aromatic carboxylic acids is 1. The van der Waals surface area contributed by atoms with E-state index in [1.165, 1.54) is 0 Å². The van der Waals surface area contributed by atoms with Gasteiger partial charge in [0, 0.05) is 0 Å². The quantitative estimate of drug-likeness (QED) is 0.492. The number of rotatable bonds is 5. The Morgan fingerprint density at radius 2 is 1.43 bits per heavy atom. The van der Waals surface area contributed by atoms with Gasteiger partial charge in [-0.15, -0.1) is 10.1 Å². The molecule has 1 rings (SSSR count). The lowest BCUT2D eigenvalue weighted by molar-refractivity contribution is -0.711. The van der Waals surface area contributed by atoms with Crippen molar-refractivity contribution in [2.24, 2.45) is 0 Å². The van der Waals surface area contributed by atoms with Gasteiger partial charge >= 0.3 is 17.3 Å². The smallest absolute Gasteiger partial charge is 0.360 e. The normalized spacial score (nSPS) is 9.90. The van der Waals surface area contributed by atoms with E-state index in [4.69, 9.17) is 5.11 Å². The van der Waals surface area contributed by atoms with Crippen molar-refractivity contribution in [3.8, 4) is 17.2 Å². The molecular weight excluding hydrogens is 302 g/mol. The van der Waals surface area contributed by atoms with Crippen molar-refractivity contribution in [1.82, 2.24) is 0 Å². The summed E-state index contributed by atoms with van der Waals surface area (Å²) in [6.45, 7) is 0. The van der Waals surface area contributed by atoms with E-state index in [-0.39, 0.29) is 0 Å². The first-order chi connectivity index (χ1) is 9.59. The second-order valence-electron chi connectivity index (χ2n) is 3.23. The number of hydrogen-bond acceptors (Lipinski definition) is 10. The van der Waals surface area contributed by atoms with Crippen LogP contribution in [0.2, 0.25) is 0 Å². The van der Waals surface area contributed by atoms with E-state index in [0.717, 1.165) is 0 Å². The molecule has 0 saturated carbocycles. The second kappa shape index (κ2) is 5.11. The molecule has 1 aromatic rings. The lowest BCUT2D eigenvalue weighted by Crippen LogP contribution is -2.12. The summed E-state index contributed by atoms with van der Waals surface area (Å²) in [6.07, 6.45) is 0. The maximum Gasteiger partial charge on any atom is 0.360 e. The fourth-order valence-corrected chi connectivity index (χ4v) is 1.38. The summed E-state index contributed by atoms with van der Waals surface area (Å²) in [5, 5.41) is 57.5. The van der Waals surface area contributed by atoms with Crippen LogP contribution in [0.1, 0.15) is 10.4 Å². The highest BCUT2D eigenvalue weighted by Gasteiger charge is 2.41. The van der Waals surface area contributed by atoms with Crippen LogP contribution < -0.4 is 4.84 Å². The van der Waals surface area contributed by atoms with Crippen molar-refractivity contribution >= 4 is 17.3 Å². The number of benzene rings is 1. The molecule has 3 N–H and O–H groups in total. The Labute approximate surface area is 111 Å². The van der Waals surface area contributed by atoms with Crippen LogP contribution in [-0.4, -0.2) is 36.2 Å². The van der Waals surface area contributed by atoms with Crippen molar-refractivity contribution < 1.29 is 39.9 Å². The summed E-state index contributed by atoms with van der Waals surface area (Å²) in [5.41, 5.74) is -5.05. The molecule has 21 heavy (non-hydrogen) atoms. The number of nitro groups is 2. The van der Waals surface area contributed by atoms with Gasteiger partial charge in [-0.05, 0) is 0 Å². The Kier molecular flexibility index (Phi) is 3.74. The molecule has 0 heterocycles. The molecule has 0 aromatic heterocycles. The van der Waals surface area contributed by atoms with Crippen LogP contribution in [0.25, 0.3) is 0 Å². The van der Waals surface area contributed by atoms with Crippen LogP contribution in [0.4, 0.5) is 11.4 Å². The maximum atomic E-state index is 10.9. The van der Waals surface area contributed by atoms with E-state index in [1.54, 1.807) is 0 Å². The first-order valence-corrected chi connectivity index (χ1v) is 4.55. The Bertz CT molecular complexity index is 640. The van der Waals surface area contributed by atoms with Crippen LogP contribution in [-0.2, 0) is 0 Å². The van der Waals surface area contributed by atoms with Crippen LogP contribution in [0.3, 0.4) is 0 Å². The summed E-state index contributed by atoms with van der Waals surface area (Å²) >= 11 is 0. The van der Waals surface area contributed by atoms with Crippen LogP contribution in [0, 0.1) is 30.3 Å². The molecule has 14 nitrogen and oxygen atoms in total. The number of phenols is 2. The molecule has 0 aliphatic carbocycles. The van der Waals surface area contributed by atoms with Crippen molar-refractivity contribution in [3.05, 3.63) is 35.9 Å². The Morgan fingerprint density at radius 3 is 1.76 bits per heavy atom. The van der Waals surface area contributed by atoms with Gasteiger partial charge in [-0.3, -0.25) is 25.1 Å². The van der Waals surface area contributed by atoms with Gasteiger partial charge < -0.3 is 15.3 Å². The minimum atomic E-state index is -2.18. The lowest BCUT2D eigenvalue weighted by atomic mass is 10.1. The Balaban J connectivity index is 4.00. The van der Waals surface area contributed by atoms with E-state index in [0.29, 0.717) is 0 Å². The zero-order valence-corrected chi connectivity index (χ0v) is 9.45. The highest BCUT2D eigenvalue weighted by Crippen LogP contribution is 2.51. The number of nitrogens with zero attached hydrogens (tertiary/aromatic N) is 3. The zero-order chi connectivity index (χ0) is 16.5. The van der Waals surface area contributed by atoms with Gasteiger partial charge in [-0.1, -0.05) is 0 Å². The molecule has 0 spiro atoms. The third-order valence-corrected chi connectivity index (χ3v) is 2.10. The van der Waals surface area contributed by atoms with Crippen molar-refractivity contribution in [2.45, 2.75) is 0 Å². The Morgan fingerprint density at radius 1 is 0.952 bits per heavy atom. The molecule has 14 heteroatoms. The number of aromatic hydroxyl groups is 2. The SMILES string of the molecule is O=C(O)c1c(O)c([N+](=O)[O-])c(O)c([N+](=O)[O-])c1O[N+](=O)[O-]. The summed E-state index contributed by atoms with van der Waals surface area (Å²) in [5.74, 6) is -7.36. The van der Waals surface area contributed by atoms with Gasteiger partial charge in [-0.25, -0.2) is 4.79 Å². The zero-order valence-electron chi connectivity index (χ0n) is 9.45. The van der Waals surface area contributed by atoms with Gasteiger partial charge in [-0.2, -0.15) is 0 Å². The monoisotopic (exact) mass is 305 g/mol. The first-order valence-electron chi connectivity index (χ1n) is 4.55. The summed E-state index contributed by atoms with van der Waals surface area (Å²) in [6, 6.07) is 0. The molecular formula is C7H3N3O11. The van der Waals surface area contributed by atoms with E-state index < -0.39 is 55.1 Å². The molecule has 1 aromatic carbocycles. The molecule has 0 radical (unpaired) electrons. The molecule has 0 saturated heterocycles. The topological polar surface area (TPSA) is 216 Å². The first kappa shape index (κ1) is 15.3. The number of carboxylic acids is 1. The molecule has 0 unspecified atom stereocenters. The van der Waals surface area contributed by atoms with E-state index in [2.05, 4.69) is 4.84 Å². The van der Waals surface area contributed by atoms with Gasteiger partial charge in [0.25, 0.3) is 10.8 Å². The van der Waals surface area contributed by atoms with E-state index >= 15 is 0 Å². The van der Waals surface area contributed by atoms with Gasteiger partial charge in [0.15, 0.2) is 0 Å². The average Bonchev–Trinajstić information content (AvgIpc) is 2.25. The summed E-state index contributed by atoms with van der Waals surface area (Å²) in [4.78, 5) is 43.1. The molecule has 0 amide bonds. The number of nitro benzene ring substituents is 2. The van der Waals surface area contributed by atoms with Gasteiger partial charge in [0.05, 0.1) is 9.85 Å². The molecule has 0 atom stereocenters. The third-order valence-electron chi connectivity index (χ3n) is 2.10. The average molecular weight is 305 g/mol. The summed E-state index contributed by atoms with van der Waals surface area (Å²) < 4.78 is 0. The van der Waals surface area contributed by atoms with Gasteiger partial charge in [0.2, 0.25) is 11.5 Å². The van der Waals surface area contributed by atoms with E-state index in [1.807, 2.05) is 0 Å². The van der Waals surface area contributed by atoms with Crippen molar-refractivity contribution in [3.63, 3.8) is 0 Å². The largest absolute Gasteiger partial charge is 0.501 e. The second-order valence-corrected chi connectivity index (χ2v) is 3.23. The number of hydrogen-bond donors (Lipinski definition) is 3. The summed E-state index contributed by atoms with van der Waals surface area (Å²) in [7, 11) is 0. The minimum Gasteiger partial charge on any atom is -0.501 e. The van der Waals surface area contributed by atoms with Crippen LogP contribution in [0.5, 0.6) is 17.2 Å². The van der Waals surface area contributed by atoms with Crippen molar-refractivity contribution in [2.75, 3.05) is 0 Å². The highest BCUT2D eigenvalue weighted by molar-refractivity contribution is 5.99. The van der Waals surface area contributed by atoms with Gasteiger partial charge in [0.1, 0.15) is 5.56 Å². The predicted molar refractivity (Wildman–Crippen MR) is 57.7 cm³/mol. The molecule has 0 fully saturated rings. The fraction of sp³-hybridized carbons (Fsp3) is 0. The number of phenolic OH excluding ortho intramolecular Hbond substituents is 1. The molecule has 112 valence electrons. The molecule has 0 aliphatic rings. The fourth-order valence-electron chi connectivity index (χ4n) is 1.38. The Hall–Kier alpha value is -3.71. The molecule has 0 aliphatic heterocycles. The third kappa shape index (κ3) is 2.53.